The quantitative estimate of drug-likeness (QED) is 0.245. The van der Waals surface area contributed by atoms with E-state index in [1.54, 1.807) is 4.90 Å². The van der Waals surface area contributed by atoms with E-state index in [-0.39, 0.29) is 18.6 Å². The summed E-state index contributed by atoms with van der Waals surface area (Å²) in [4.78, 5) is 31.5. The lowest BCUT2D eigenvalue weighted by Gasteiger charge is -2.27. The number of hydrogen-bond acceptors (Lipinski definition) is 5. The number of hydrogen-bond donors (Lipinski definition) is 1. The number of H-pyrrole nitrogens is 1. The van der Waals surface area contributed by atoms with Gasteiger partial charge in [-0.25, -0.2) is 0 Å². The van der Waals surface area contributed by atoms with Gasteiger partial charge in [-0.15, -0.1) is 0 Å². The van der Waals surface area contributed by atoms with Crippen molar-refractivity contribution >= 4 is 23.1 Å². The van der Waals surface area contributed by atoms with Crippen molar-refractivity contribution < 1.29 is 19.1 Å². The fourth-order valence-electron chi connectivity index (χ4n) is 4.88. The number of carbonyl (C=O) groups is 2. The maximum absolute atomic E-state index is 13.2. The monoisotopic (exact) mass is 553 g/mol. The number of rotatable bonds is 11. The lowest BCUT2D eigenvalue weighted by molar-refractivity contribution is -0.108. The third-order valence-electron chi connectivity index (χ3n) is 7.46. The van der Waals surface area contributed by atoms with Crippen LogP contribution in [0.1, 0.15) is 45.9 Å². The summed E-state index contributed by atoms with van der Waals surface area (Å²) in [7, 11) is 2.01. The SMILES string of the molecule is CN(CCN(CC=O)C(=O)c1cc2cc(C3CC3)ccc2[nH]1)Cc1cccc(OC2COC2)c1.Cc1ccccc1. The Bertz CT molecular complexity index is 1440. The van der Waals surface area contributed by atoms with Gasteiger partial charge in [0.1, 0.15) is 23.8 Å². The standard InChI is InChI=1S/C27H31N3O4.C7H8/c1-29(16-19-3-2-4-23(13-19)34-24-17-33-18-24)9-10-30(11-12-31)27(32)26-15-22-14-21(20-5-6-20)7-8-25(22)28-26;1-7-5-3-2-4-6-7/h2-4,7-8,12-15,20,24,28H,5-6,9-11,16-18H2,1H3;2-6H,1H3. The predicted molar refractivity (Wildman–Crippen MR) is 161 cm³/mol. The summed E-state index contributed by atoms with van der Waals surface area (Å²) < 4.78 is 11.1. The Balaban J connectivity index is 0.000000423. The van der Waals surface area contributed by atoms with Gasteiger partial charge in [0.15, 0.2) is 0 Å². The van der Waals surface area contributed by atoms with Crippen LogP contribution in [0.4, 0.5) is 0 Å². The maximum atomic E-state index is 13.2. The summed E-state index contributed by atoms with van der Waals surface area (Å²) in [5.74, 6) is 1.36. The molecule has 1 saturated carbocycles. The minimum absolute atomic E-state index is 0.0716. The van der Waals surface area contributed by atoms with Crippen molar-refractivity contribution in [3.8, 4) is 5.75 Å². The number of aryl methyl sites for hydroxylation is 1. The van der Waals surface area contributed by atoms with Gasteiger partial charge < -0.3 is 29.1 Å². The molecule has 1 aliphatic heterocycles. The summed E-state index contributed by atoms with van der Waals surface area (Å²) in [6.45, 7) is 5.27. The van der Waals surface area contributed by atoms with Crippen molar-refractivity contribution in [3.63, 3.8) is 0 Å². The van der Waals surface area contributed by atoms with Gasteiger partial charge in [-0.3, -0.25) is 4.79 Å². The fourth-order valence-corrected chi connectivity index (χ4v) is 4.88. The highest BCUT2D eigenvalue weighted by molar-refractivity contribution is 5.98. The minimum atomic E-state index is -0.150. The van der Waals surface area contributed by atoms with Crippen LogP contribution in [0.2, 0.25) is 0 Å². The molecule has 1 aromatic heterocycles. The van der Waals surface area contributed by atoms with Crippen LogP contribution in [0.15, 0.2) is 78.9 Å². The zero-order valence-corrected chi connectivity index (χ0v) is 23.9. The third kappa shape index (κ3) is 8.06. The van der Waals surface area contributed by atoms with Crippen molar-refractivity contribution in [3.05, 3.63) is 101 Å². The van der Waals surface area contributed by atoms with Gasteiger partial charge in [0, 0.05) is 30.5 Å². The highest BCUT2D eigenvalue weighted by atomic mass is 16.6. The van der Waals surface area contributed by atoms with E-state index in [1.807, 2.05) is 55.6 Å². The van der Waals surface area contributed by atoms with Crippen LogP contribution in [0.5, 0.6) is 5.75 Å². The lowest BCUT2D eigenvalue weighted by Crippen LogP contribution is -2.39. The van der Waals surface area contributed by atoms with Crippen LogP contribution >= 0.6 is 0 Å². The zero-order valence-electron chi connectivity index (χ0n) is 23.9. The molecule has 1 amide bonds. The topological polar surface area (TPSA) is 74.9 Å². The van der Waals surface area contributed by atoms with Crippen LogP contribution in [-0.4, -0.2) is 73.0 Å². The molecule has 214 valence electrons. The predicted octanol–water partition coefficient (Wildman–Crippen LogP) is 5.59. The number of fused-ring (bicyclic) bond motifs is 1. The number of benzene rings is 3. The molecule has 1 saturated heterocycles. The van der Waals surface area contributed by atoms with Gasteiger partial charge in [0.2, 0.25) is 0 Å². The number of nitrogens with one attached hydrogen (secondary N) is 1. The van der Waals surface area contributed by atoms with Crippen LogP contribution in [0.25, 0.3) is 10.9 Å². The highest BCUT2D eigenvalue weighted by Gasteiger charge is 2.24. The van der Waals surface area contributed by atoms with E-state index in [2.05, 4.69) is 47.1 Å². The average molecular weight is 554 g/mol. The molecule has 2 aliphatic rings. The first-order valence-corrected chi connectivity index (χ1v) is 14.4. The molecule has 3 aromatic carbocycles. The van der Waals surface area contributed by atoms with Crippen LogP contribution in [0.3, 0.4) is 0 Å². The molecule has 0 atom stereocenters. The van der Waals surface area contributed by atoms with Crippen molar-refractivity contribution in [1.29, 1.82) is 0 Å². The Morgan fingerprint density at radius 2 is 1.80 bits per heavy atom. The van der Waals surface area contributed by atoms with Gasteiger partial charge in [0.25, 0.3) is 5.91 Å². The molecule has 1 N–H and O–H groups in total. The van der Waals surface area contributed by atoms with Crippen LogP contribution < -0.4 is 4.74 Å². The number of aromatic nitrogens is 1. The third-order valence-corrected chi connectivity index (χ3v) is 7.46. The molecule has 2 fully saturated rings. The van der Waals surface area contributed by atoms with Gasteiger partial charge in [0.05, 0.1) is 19.8 Å². The molecular weight excluding hydrogens is 514 g/mol. The average Bonchev–Trinajstić information content (AvgIpc) is 3.72. The van der Waals surface area contributed by atoms with E-state index >= 15 is 0 Å². The number of aromatic amines is 1. The number of nitrogens with zero attached hydrogens (tertiary/aromatic N) is 2. The second-order valence-corrected chi connectivity index (χ2v) is 11.0. The van der Waals surface area contributed by atoms with E-state index in [0.717, 1.165) is 35.0 Å². The van der Waals surface area contributed by atoms with Crippen molar-refractivity contribution in [1.82, 2.24) is 14.8 Å². The van der Waals surface area contributed by atoms with Crippen LogP contribution in [0, 0.1) is 6.92 Å². The normalized spacial score (nSPS) is 14.7. The summed E-state index contributed by atoms with van der Waals surface area (Å²) in [6.07, 6.45) is 3.42. The number of amides is 1. The lowest BCUT2D eigenvalue weighted by atomic mass is 10.1. The zero-order chi connectivity index (χ0) is 28.6. The van der Waals surface area contributed by atoms with Crippen LogP contribution in [-0.2, 0) is 16.1 Å². The summed E-state index contributed by atoms with van der Waals surface area (Å²) in [5.41, 5.74) is 5.27. The molecule has 1 aliphatic carbocycles. The first kappa shape index (κ1) is 28.6. The number of aldehydes is 1. The van der Waals surface area contributed by atoms with E-state index < -0.39 is 0 Å². The largest absolute Gasteiger partial charge is 0.486 e. The van der Waals surface area contributed by atoms with Gasteiger partial charge >= 0.3 is 0 Å². The molecule has 7 heteroatoms. The molecule has 0 unspecified atom stereocenters. The van der Waals surface area contributed by atoms with E-state index in [0.29, 0.717) is 37.9 Å². The Morgan fingerprint density at radius 3 is 2.46 bits per heavy atom. The summed E-state index contributed by atoms with van der Waals surface area (Å²) >= 11 is 0. The summed E-state index contributed by atoms with van der Waals surface area (Å²) in [6, 6.07) is 26.6. The van der Waals surface area contributed by atoms with Crippen molar-refractivity contribution in [2.24, 2.45) is 0 Å². The number of carbonyl (C=O) groups excluding carboxylic acids is 2. The number of likely N-dealkylation sites (N-methyl/N-ethyl adjacent to an activating group) is 1. The van der Waals surface area contributed by atoms with Gasteiger partial charge in [-0.1, -0.05) is 54.1 Å². The minimum Gasteiger partial charge on any atom is -0.486 e. The maximum Gasteiger partial charge on any atom is 0.270 e. The highest BCUT2D eigenvalue weighted by Crippen LogP contribution is 2.40. The number of ether oxygens (including phenoxy) is 2. The van der Waals surface area contributed by atoms with Gasteiger partial charge in [-0.2, -0.15) is 0 Å². The summed E-state index contributed by atoms with van der Waals surface area (Å²) in [5, 5.41) is 1.05. The Morgan fingerprint density at radius 1 is 1.00 bits per heavy atom. The molecule has 0 radical (unpaired) electrons. The molecule has 0 bridgehead atoms. The molecule has 2 heterocycles. The molecule has 4 aromatic rings. The Labute approximate surface area is 242 Å². The first-order valence-electron chi connectivity index (χ1n) is 14.4. The van der Waals surface area contributed by atoms with E-state index in [1.165, 1.54) is 24.0 Å². The molecule has 7 nitrogen and oxygen atoms in total. The Kier molecular flexibility index (Phi) is 9.49. The second kappa shape index (κ2) is 13.6. The van der Waals surface area contributed by atoms with E-state index in [4.69, 9.17) is 9.47 Å². The molecular formula is C34H39N3O4. The second-order valence-electron chi connectivity index (χ2n) is 11.0. The van der Waals surface area contributed by atoms with Crippen molar-refractivity contribution in [2.75, 3.05) is 39.9 Å². The molecule has 0 spiro atoms. The first-order chi connectivity index (χ1) is 20.0. The smallest absolute Gasteiger partial charge is 0.270 e. The Hall–Kier alpha value is -3.94. The molecule has 6 rings (SSSR count). The molecule has 41 heavy (non-hydrogen) atoms. The van der Waals surface area contributed by atoms with Gasteiger partial charge in [-0.05, 0) is 74.2 Å². The van der Waals surface area contributed by atoms with E-state index in [9.17, 15) is 9.59 Å². The van der Waals surface area contributed by atoms with Crippen molar-refractivity contribution in [2.45, 2.75) is 38.3 Å². The fraction of sp³-hybridized carbons (Fsp3) is 0.353.